The Morgan fingerprint density at radius 1 is 1.14 bits per heavy atom. The van der Waals surface area contributed by atoms with Crippen LogP contribution in [-0.2, 0) is 6.42 Å². The van der Waals surface area contributed by atoms with Crippen molar-refractivity contribution in [1.82, 2.24) is 5.32 Å². The molecule has 0 aliphatic heterocycles. The highest BCUT2D eigenvalue weighted by Crippen LogP contribution is 2.28. The number of hydrogen-bond acceptors (Lipinski definition) is 1. The van der Waals surface area contributed by atoms with Crippen LogP contribution in [-0.4, -0.2) is 6.54 Å². The van der Waals surface area contributed by atoms with Crippen molar-refractivity contribution in [2.75, 3.05) is 6.54 Å². The van der Waals surface area contributed by atoms with E-state index in [1.165, 1.54) is 18.2 Å². The van der Waals surface area contributed by atoms with Crippen molar-refractivity contribution < 1.29 is 8.78 Å². The highest BCUT2D eigenvalue weighted by atomic mass is 35.5. The third-order valence-corrected chi connectivity index (χ3v) is 3.73. The second kappa shape index (κ2) is 7.53. The van der Waals surface area contributed by atoms with Gasteiger partial charge in [-0.25, -0.2) is 8.78 Å². The van der Waals surface area contributed by atoms with Crippen LogP contribution in [0.15, 0.2) is 42.5 Å². The minimum Gasteiger partial charge on any atom is -0.310 e. The van der Waals surface area contributed by atoms with Crippen molar-refractivity contribution in [3.8, 4) is 0 Å². The number of benzene rings is 2. The first-order chi connectivity index (χ1) is 10.1. The molecule has 0 saturated heterocycles. The van der Waals surface area contributed by atoms with Gasteiger partial charge in [0, 0.05) is 6.04 Å². The monoisotopic (exact) mass is 309 g/mol. The van der Waals surface area contributed by atoms with Gasteiger partial charge in [-0.2, -0.15) is 0 Å². The van der Waals surface area contributed by atoms with E-state index < -0.39 is 5.82 Å². The zero-order chi connectivity index (χ0) is 15.2. The molecule has 1 atom stereocenters. The van der Waals surface area contributed by atoms with E-state index in [1.807, 2.05) is 6.07 Å². The Kier molecular flexibility index (Phi) is 5.71. The maximum absolute atomic E-state index is 13.6. The summed E-state index contributed by atoms with van der Waals surface area (Å²) in [5.74, 6) is -0.705. The van der Waals surface area contributed by atoms with Gasteiger partial charge < -0.3 is 5.32 Å². The summed E-state index contributed by atoms with van der Waals surface area (Å²) in [6, 6.07) is 11.1. The van der Waals surface area contributed by atoms with E-state index in [9.17, 15) is 8.78 Å². The molecule has 0 spiro atoms. The van der Waals surface area contributed by atoms with Crippen LogP contribution in [0, 0.1) is 11.6 Å². The molecule has 21 heavy (non-hydrogen) atoms. The highest BCUT2D eigenvalue weighted by Gasteiger charge is 2.17. The molecule has 0 aliphatic rings. The lowest BCUT2D eigenvalue weighted by Gasteiger charge is -2.20. The summed E-state index contributed by atoms with van der Waals surface area (Å²) in [4.78, 5) is 0. The summed E-state index contributed by atoms with van der Waals surface area (Å²) in [7, 11) is 0. The van der Waals surface area contributed by atoms with E-state index in [4.69, 9.17) is 11.6 Å². The minimum atomic E-state index is -0.434. The molecular formula is C17H18ClF2N. The smallest absolute Gasteiger partial charge is 0.142 e. The minimum absolute atomic E-state index is 0.127. The zero-order valence-electron chi connectivity index (χ0n) is 11.9. The quantitative estimate of drug-likeness (QED) is 0.800. The van der Waals surface area contributed by atoms with Crippen LogP contribution in [0.1, 0.15) is 30.5 Å². The van der Waals surface area contributed by atoms with E-state index in [2.05, 4.69) is 12.2 Å². The Morgan fingerprint density at radius 2 is 1.90 bits per heavy atom. The van der Waals surface area contributed by atoms with Gasteiger partial charge in [0.2, 0.25) is 0 Å². The molecule has 1 unspecified atom stereocenters. The number of rotatable bonds is 6. The van der Waals surface area contributed by atoms with Crippen molar-refractivity contribution in [3.05, 3.63) is 70.2 Å². The van der Waals surface area contributed by atoms with Crippen LogP contribution in [0.4, 0.5) is 8.78 Å². The summed E-state index contributed by atoms with van der Waals surface area (Å²) in [5.41, 5.74) is 1.55. The van der Waals surface area contributed by atoms with Crippen molar-refractivity contribution in [2.24, 2.45) is 0 Å². The summed E-state index contributed by atoms with van der Waals surface area (Å²) >= 11 is 6.08. The molecule has 2 aromatic rings. The third kappa shape index (κ3) is 4.26. The van der Waals surface area contributed by atoms with Crippen LogP contribution in [0.5, 0.6) is 0 Å². The van der Waals surface area contributed by atoms with Gasteiger partial charge in [-0.05, 0) is 48.7 Å². The molecule has 1 nitrogen and oxygen atoms in total. The van der Waals surface area contributed by atoms with Crippen molar-refractivity contribution >= 4 is 11.6 Å². The summed E-state index contributed by atoms with van der Waals surface area (Å²) < 4.78 is 27.0. The summed E-state index contributed by atoms with van der Waals surface area (Å²) in [6.07, 6.45) is 1.51. The molecule has 0 aromatic heterocycles. The van der Waals surface area contributed by atoms with Gasteiger partial charge in [0.1, 0.15) is 11.6 Å². The van der Waals surface area contributed by atoms with E-state index in [-0.39, 0.29) is 16.9 Å². The van der Waals surface area contributed by atoms with Gasteiger partial charge in [-0.1, -0.05) is 42.8 Å². The average molecular weight is 310 g/mol. The molecule has 1 N–H and O–H groups in total. The largest absolute Gasteiger partial charge is 0.310 e. The van der Waals surface area contributed by atoms with Crippen molar-refractivity contribution in [2.45, 2.75) is 25.8 Å². The fourth-order valence-electron chi connectivity index (χ4n) is 2.30. The topological polar surface area (TPSA) is 12.0 Å². The third-order valence-electron chi connectivity index (χ3n) is 3.33. The molecule has 4 heteroatoms. The average Bonchev–Trinajstić information content (AvgIpc) is 2.47. The summed E-state index contributed by atoms with van der Waals surface area (Å²) in [6.45, 7) is 2.84. The molecule has 2 rings (SSSR count). The lowest BCUT2D eigenvalue weighted by Crippen LogP contribution is -2.24. The highest BCUT2D eigenvalue weighted by molar-refractivity contribution is 6.31. The van der Waals surface area contributed by atoms with Crippen LogP contribution in [0.3, 0.4) is 0 Å². The van der Waals surface area contributed by atoms with Gasteiger partial charge in [0.25, 0.3) is 0 Å². The first-order valence-corrected chi connectivity index (χ1v) is 7.41. The molecule has 2 aromatic carbocycles. The van der Waals surface area contributed by atoms with Gasteiger partial charge in [0.05, 0.1) is 5.02 Å². The molecule has 112 valence electrons. The molecule has 0 radical (unpaired) electrons. The summed E-state index contributed by atoms with van der Waals surface area (Å²) in [5, 5.41) is 3.48. The Morgan fingerprint density at radius 3 is 2.62 bits per heavy atom. The van der Waals surface area contributed by atoms with Crippen molar-refractivity contribution in [1.29, 1.82) is 0 Å². The lowest BCUT2D eigenvalue weighted by atomic mass is 9.98. The molecule has 0 fully saturated rings. The van der Waals surface area contributed by atoms with Gasteiger partial charge in [0.15, 0.2) is 0 Å². The number of hydrogen-bond donors (Lipinski definition) is 1. The Labute approximate surface area is 128 Å². The number of halogens is 3. The van der Waals surface area contributed by atoms with Gasteiger partial charge in [-0.15, -0.1) is 0 Å². The Balaban J connectivity index is 2.27. The van der Waals surface area contributed by atoms with E-state index in [1.54, 1.807) is 18.2 Å². The van der Waals surface area contributed by atoms with Crippen molar-refractivity contribution in [3.63, 3.8) is 0 Å². The maximum atomic E-state index is 13.6. The van der Waals surface area contributed by atoms with E-state index in [0.717, 1.165) is 18.5 Å². The molecule has 0 aliphatic carbocycles. The van der Waals surface area contributed by atoms with E-state index >= 15 is 0 Å². The predicted octanol–water partition coefficient (Wildman–Crippen LogP) is 4.90. The van der Waals surface area contributed by atoms with Crippen LogP contribution in [0.2, 0.25) is 5.02 Å². The van der Waals surface area contributed by atoms with Gasteiger partial charge >= 0.3 is 0 Å². The van der Waals surface area contributed by atoms with Gasteiger partial charge in [-0.3, -0.25) is 0 Å². The van der Waals surface area contributed by atoms with Crippen LogP contribution >= 0.6 is 11.6 Å². The fourth-order valence-corrected chi connectivity index (χ4v) is 2.56. The first-order valence-electron chi connectivity index (χ1n) is 7.03. The molecule has 0 bridgehead atoms. The standard InChI is InChI=1S/C17H18ClF2N/c1-2-9-21-16(11-12-5-3-6-13(19)10-12)14-7-4-8-15(20)17(14)18/h3-8,10,16,21H,2,9,11H2,1H3. The zero-order valence-corrected chi connectivity index (χ0v) is 12.6. The van der Waals surface area contributed by atoms with Crippen LogP contribution in [0.25, 0.3) is 0 Å². The predicted molar refractivity (Wildman–Crippen MR) is 82.5 cm³/mol. The Hall–Kier alpha value is -1.45. The fraction of sp³-hybridized carbons (Fsp3) is 0.294. The second-order valence-electron chi connectivity index (χ2n) is 4.98. The molecule has 0 heterocycles. The van der Waals surface area contributed by atoms with E-state index in [0.29, 0.717) is 12.0 Å². The Bertz CT molecular complexity index is 601. The molecule has 0 amide bonds. The SMILES string of the molecule is CCCNC(Cc1cccc(F)c1)c1cccc(F)c1Cl. The number of nitrogens with one attached hydrogen (secondary N) is 1. The molecule has 0 saturated carbocycles. The second-order valence-corrected chi connectivity index (χ2v) is 5.36. The normalized spacial score (nSPS) is 12.4. The maximum Gasteiger partial charge on any atom is 0.142 e. The first kappa shape index (κ1) is 15.9. The lowest BCUT2D eigenvalue weighted by molar-refractivity contribution is 0.522. The van der Waals surface area contributed by atoms with Crippen LogP contribution < -0.4 is 5.32 Å². The molecular weight excluding hydrogens is 292 g/mol.